The van der Waals surface area contributed by atoms with Crippen molar-refractivity contribution in [2.45, 2.75) is 39.2 Å². The van der Waals surface area contributed by atoms with E-state index in [0.717, 1.165) is 31.7 Å². The molecular weight excluding hydrogens is 220 g/mol. The van der Waals surface area contributed by atoms with Crippen LogP contribution in [0.5, 0.6) is 0 Å². The third kappa shape index (κ3) is 3.67. The fourth-order valence-corrected chi connectivity index (χ4v) is 2.55. The number of carbonyl (C=O) groups is 1. The predicted molar refractivity (Wildman–Crippen MR) is 70.6 cm³/mol. The molecule has 94 valence electrons. The molecule has 1 aliphatic heterocycles. The lowest BCUT2D eigenvalue weighted by Gasteiger charge is -2.42. The molecule has 0 spiro atoms. The summed E-state index contributed by atoms with van der Waals surface area (Å²) in [4.78, 5) is 13.9. The molecule has 2 N–H and O–H groups in total. The summed E-state index contributed by atoms with van der Waals surface area (Å²) in [7, 11) is 0. The van der Waals surface area contributed by atoms with E-state index in [0.29, 0.717) is 12.3 Å². The molecule has 0 bridgehead atoms. The van der Waals surface area contributed by atoms with Crippen LogP contribution in [0.4, 0.5) is 0 Å². The number of hydrogen-bond donors (Lipinski definition) is 1. The van der Waals surface area contributed by atoms with Gasteiger partial charge in [0.15, 0.2) is 0 Å². The summed E-state index contributed by atoms with van der Waals surface area (Å²) in [6, 6.07) is 0.225. The number of carbonyl (C=O) groups excluding carboxylic acids is 1. The summed E-state index contributed by atoms with van der Waals surface area (Å²) in [6.07, 6.45) is 4.68. The zero-order valence-corrected chi connectivity index (χ0v) is 11.5. The normalized spacial score (nSPS) is 24.5. The van der Waals surface area contributed by atoms with Gasteiger partial charge in [0, 0.05) is 25.6 Å². The lowest BCUT2D eigenvalue weighted by Crippen LogP contribution is -2.53. The van der Waals surface area contributed by atoms with Crippen molar-refractivity contribution in [1.29, 1.82) is 0 Å². The average Bonchev–Trinajstić information content (AvgIpc) is 2.22. The summed E-state index contributed by atoms with van der Waals surface area (Å²) in [5.41, 5.74) is 6.12. The van der Waals surface area contributed by atoms with Crippen molar-refractivity contribution in [2.24, 2.45) is 11.1 Å². The third-order valence-corrected chi connectivity index (χ3v) is 4.10. The number of hydrogen-bond acceptors (Lipinski definition) is 3. The summed E-state index contributed by atoms with van der Waals surface area (Å²) in [5.74, 6) is 1.37. The van der Waals surface area contributed by atoms with Crippen LogP contribution in [0.15, 0.2) is 0 Å². The van der Waals surface area contributed by atoms with Crippen LogP contribution < -0.4 is 5.73 Å². The van der Waals surface area contributed by atoms with E-state index in [-0.39, 0.29) is 11.5 Å². The van der Waals surface area contributed by atoms with Gasteiger partial charge in [0.2, 0.25) is 5.91 Å². The second-order valence-electron chi connectivity index (χ2n) is 5.30. The maximum Gasteiger partial charge on any atom is 0.222 e. The van der Waals surface area contributed by atoms with Crippen LogP contribution in [0.1, 0.15) is 33.1 Å². The Balaban J connectivity index is 2.40. The van der Waals surface area contributed by atoms with E-state index in [2.05, 4.69) is 20.1 Å². The molecule has 1 aliphatic rings. The monoisotopic (exact) mass is 244 g/mol. The number of nitrogens with two attached hydrogens (primary N) is 1. The molecule has 1 saturated heterocycles. The van der Waals surface area contributed by atoms with Gasteiger partial charge < -0.3 is 10.6 Å². The van der Waals surface area contributed by atoms with E-state index in [9.17, 15) is 4.79 Å². The smallest absolute Gasteiger partial charge is 0.222 e. The Morgan fingerprint density at radius 2 is 2.25 bits per heavy atom. The lowest BCUT2D eigenvalue weighted by molar-refractivity contribution is -0.134. The quantitative estimate of drug-likeness (QED) is 0.766. The molecule has 0 radical (unpaired) electrons. The molecule has 4 heteroatoms. The van der Waals surface area contributed by atoms with Crippen molar-refractivity contribution in [3.63, 3.8) is 0 Å². The van der Waals surface area contributed by atoms with Gasteiger partial charge in [0.1, 0.15) is 0 Å². The number of amides is 1. The van der Waals surface area contributed by atoms with Gasteiger partial charge in [0.05, 0.1) is 0 Å². The topological polar surface area (TPSA) is 46.3 Å². The van der Waals surface area contributed by atoms with Crippen LogP contribution >= 0.6 is 11.8 Å². The van der Waals surface area contributed by atoms with E-state index in [1.807, 2.05) is 4.90 Å². The summed E-state index contributed by atoms with van der Waals surface area (Å²) in [6.45, 7) is 5.95. The minimum atomic E-state index is 0.0629. The molecule has 1 unspecified atom stereocenters. The Labute approximate surface area is 103 Å². The molecule has 0 aliphatic carbocycles. The molecule has 3 nitrogen and oxygen atoms in total. The summed E-state index contributed by atoms with van der Waals surface area (Å²) in [5, 5.41) is 0. The highest BCUT2D eigenvalue weighted by molar-refractivity contribution is 7.98. The first-order valence-electron chi connectivity index (χ1n) is 5.99. The maximum atomic E-state index is 11.9. The molecule has 16 heavy (non-hydrogen) atoms. The summed E-state index contributed by atoms with van der Waals surface area (Å²) < 4.78 is 0. The van der Waals surface area contributed by atoms with Gasteiger partial charge in [-0.1, -0.05) is 13.8 Å². The minimum Gasteiger partial charge on any atom is -0.342 e. The van der Waals surface area contributed by atoms with Crippen LogP contribution in [-0.2, 0) is 4.79 Å². The van der Waals surface area contributed by atoms with E-state index in [1.54, 1.807) is 11.8 Å². The zero-order chi connectivity index (χ0) is 12.2. The molecule has 0 aromatic rings. The number of likely N-dealkylation sites (tertiary alicyclic amines) is 1. The van der Waals surface area contributed by atoms with Crippen molar-refractivity contribution in [1.82, 2.24) is 4.90 Å². The highest BCUT2D eigenvalue weighted by atomic mass is 32.2. The first-order valence-corrected chi connectivity index (χ1v) is 7.39. The largest absolute Gasteiger partial charge is 0.342 e. The molecule has 0 saturated carbocycles. The van der Waals surface area contributed by atoms with Crippen LogP contribution in [0, 0.1) is 5.41 Å². The molecular formula is C12H24N2OS. The van der Waals surface area contributed by atoms with Crippen molar-refractivity contribution >= 4 is 17.7 Å². The van der Waals surface area contributed by atoms with Gasteiger partial charge in [-0.3, -0.25) is 4.79 Å². The van der Waals surface area contributed by atoms with E-state index < -0.39 is 0 Å². The molecule has 1 rings (SSSR count). The van der Waals surface area contributed by atoms with Gasteiger partial charge in [-0.25, -0.2) is 0 Å². The third-order valence-electron chi connectivity index (χ3n) is 3.40. The molecule has 1 heterocycles. The molecule has 0 aromatic heterocycles. The van der Waals surface area contributed by atoms with E-state index in [4.69, 9.17) is 5.73 Å². The fourth-order valence-electron chi connectivity index (χ4n) is 2.11. The SMILES string of the molecule is CSCCCC(=O)N1CCC(N)C(C)(C)C1. The van der Waals surface area contributed by atoms with E-state index in [1.165, 1.54) is 0 Å². The number of nitrogens with zero attached hydrogens (tertiary/aromatic N) is 1. The van der Waals surface area contributed by atoms with Crippen molar-refractivity contribution in [3.8, 4) is 0 Å². The van der Waals surface area contributed by atoms with Gasteiger partial charge in [-0.2, -0.15) is 11.8 Å². The Kier molecular flexibility index (Phi) is 5.12. The van der Waals surface area contributed by atoms with E-state index >= 15 is 0 Å². The molecule has 1 atom stereocenters. The number of rotatable bonds is 4. The predicted octanol–water partition coefficient (Wildman–Crippen LogP) is 1.72. The Bertz CT molecular complexity index is 243. The highest BCUT2D eigenvalue weighted by Crippen LogP contribution is 2.28. The van der Waals surface area contributed by atoms with Crippen molar-refractivity contribution in [2.75, 3.05) is 25.1 Å². The fraction of sp³-hybridized carbons (Fsp3) is 0.917. The van der Waals surface area contributed by atoms with Gasteiger partial charge in [0.25, 0.3) is 0 Å². The van der Waals surface area contributed by atoms with Crippen molar-refractivity contribution in [3.05, 3.63) is 0 Å². The van der Waals surface area contributed by atoms with Gasteiger partial charge in [-0.05, 0) is 30.3 Å². The van der Waals surface area contributed by atoms with Gasteiger partial charge in [-0.15, -0.1) is 0 Å². The number of piperidine rings is 1. The molecule has 0 aromatic carbocycles. The lowest BCUT2D eigenvalue weighted by atomic mass is 9.79. The zero-order valence-electron chi connectivity index (χ0n) is 10.7. The molecule has 1 fully saturated rings. The Morgan fingerprint density at radius 3 is 2.81 bits per heavy atom. The second kappa shape index (κ2) is 5.92. The van der Waals surface area contributed by atoms with Crippen LogP contribution in [0.25, 0.3) is 0 Å². The second-order valence-corrected chi connectivity index (χ2v) is 6.28. The Morgan fingerprint density at radius 1 is 1.56 bits per heavy atom. The van der Waals surface area contributed by atoms with Crippen molar-refractivity contribution < 1.29 is 4.79 Å². The first-order chi connectivity index (χ1) is 7.47. The van der Waals surface area contributed by atoms with Gasteiger partial charge >= 0.3 is 0 Å². The van der Waals surface area contributed by atoms with Crippen LogP contribution in [-0.4, -0.2) is 41.9 Å². The average molecular weight is 244 g/mol. The molecule has 1 amide bonds. The van der Waals surface area contributed by atoms with Crippen LogP contribution in [0.3, 0.4) is 0 Å². The summed E-state index contributed by atoms with van der Waals surface area (Å²) >= 11 is 1.80. The maximum absolute atomic E-state index is 11.9. The standard InChI is InChI=1S/C12H24N2OS/c1-12(2)9-14(7-6-10(12)13)11(15)5-4-8-16-3/h10H,4-9,13H2,1-3H3. The number of thioether (sulfide) groups is 1. The highest BCUT2D eigenvalue weighted by Gasteiger charge is 2.34. The van der Waals surface area contributed by atoms with Crippen LogP contribution in [0.2, 0.25) is 0 Å². The first kappa shape index (κ1) is 13.8. The minimum absolute atomic E-state index is 0.0629. The Hall–Kier alpha value is -0.220.